The number of benzene rings is 1. The van der Waals surface area contributed by atoms with Crippen LogP contribution in [0, 0.1) is 0 Å². The maximum atomic E-state index is 5.73. The van der Waals surface area contributed by atoms with Crippen molar-refractivity contribution in [3.8, 4) is 5.75 Å². The maximum Gasteiger partial charge on any atom is 0.195 e. The Kier molecular flexibility index (Phi) is 11.5. The molecule has 0 spiro atoms. The van der Waals surface area contributed by atoms with Gasteiger partial charge >= 0.3 is 0 Å². The van der Waals surface area contributed by atoms with Crippen LogP contribution in [0.3, 0.4) is 0 Å². The van der Waals surface area contributed by atoms with E-state index in [0.29, 0.717) is 19.8 Å². The van der Waals surface area contributed by atoms with Crippen molar-refractivity contribution in [1.82, 2.24) is 15.1 Å². The Morgan fingerprint density at radius 3 is 2.88 bits per heavy atom. The SMILES string of the molecule is CCNC(=NCCn1cccn1)Nc1cccc(OCCCOC)c1.I. The molecular formula is C18H28IN5O2. The monoisotopic (exact) mass is 473 g/mol. The van der Waals surface area contributed by atoms with E-state index in [9.17, 15) is 0 Å². The predicted octanol–water partition coefficient (Wildman–Crippen LogP) is 2.99. The van der Waals surface area contributed by atoms with Crippen LogP contribution in [0.15, 0.2) is 47.7 Å². The van der Waals surface area contributed by atoms with Crippen molar-refractivity contribution < 1.29 is 9.47 Å². The molecule has 1 aromatic heterocycles. The number of halogens is 1. The fraction of sp³-hybridized carbons (Fsp3) is 0.444. The second kappa shape index (κ2) is 13.4. The molecular weight excluding hydrogens is 445 g/mol. The molecule has 0 aliphatic rings. The van der Waals surface area contributed by atoms with E-state index >= 15 is 0 Å². The van der Waals surface area contributed by atoms with Gasteiger partial charge in [-0.25, -0.2) is 0 Å². The van der Waals surface area contributed by atoms with Gasteiger partial charge in [0.25, 0.3) is 0 Å². The van der Waals surface area contributed by atoms with Crippen molar-refractivity contribution in [3.05, 3.63) is 42.7 Å². The average Bonchev–Trinajstić information content (AvgIpc) is 3.13. The molecule has 0 amide bonds. The number of aromatic nitrogens is 2. The van der Waals surface area contributed by atoms with Gasteiger partial charge in [-0.1, -0.05) is 6.07 Å². The van der Waals surface area contributed by atoms with E-state index in [-0.39, 0.29) is 24.0 Å². The van der Waals surface area contributed by atoms with Gasteiger partial charge in [0.05, 0.1) is 19.7 Å². The molecule has 0 atom stereocenters. The number of hydrogen-bond donors (Lipinski definition) is 2. The molecule has 2 rings (SSSR count). The van der Waals surface area contributed by atoms with Gasteiger partial charge in [-0.15, -0.1) is 24.0 Å². The molecule has 0 unspecified atom stereocenters. The highest BCUT2D eigenvalue weighted by molar-refractivity contribution is 14.0. The number of nitrogens with zero attached hydrogens (tertiary/aromatic N) is 3. The minimum atomic E-state index is 0. The predicted molar refractivity (Wildman–Crippen MR) is 116 cm³/mol. The lowest BCUT2D eigenvalue weighted by atomic mass is 10.3. The molecule has 144 valence electrons. The zero-order chi connectivity index (χ0) is 17.7. The van der Waals surface area contributed by atoms with Crippen LogP contribution in [0.2, 0.25) is 0 Å². The maximum absolute atomic E-state index is 5.73. The van der Waals surface area contributed by atoms with Gasteiger partial charge in [0.2, 0.25) is 0 Å². The number of anilines is 1. The van der Waals surface area contributed by atoms with Crippen LogP contribution >= 0.6 is 24.0 Å². The van der Waals surface area contributed by atoms with Crippen molar-refractivity contribution in [1.29, 1.82) is 0 Å². The zero-order valence-corrected chi connectivity index (χ0v) is 17.7. The smallest absolute Gasteiger partial charge is 0.195 e. The number of guanidine groups is 1. The topological polar surface area (TPSA) is 72.7 Å². The summed E-state index contributed by atoms with van der Waals surface area (Å²) in [7, 11) is 1.69. The van der Waals surface area contributed by atoms with E-state index < -0.39 is 0 Å². The Morgan fingerprint density at radius 1 is 1.27 bits per heavy atom. The van der Waals surface area contributed by atoms with Crippen LogP contribution < -0.4 is 15.4 Å². The molecule has 0 aliphatic carbocycles. The standard InChI is InChI=1S/C18H27N5O2.HI/c1-3-19-18(20-10-12-23-11-5-9-21-23)22-16-7-4-8-17(15-16)25-14-6-13-24-2;/h4-5,7-9,11,15H,3,6,10,12-14H2,1-2H3,(H2,19,20,22);1H. The van der Waals surface area contributed by atoms with Gasteiger partial charge in [0.1, 0.15) is 5.75 Å². The van der Waals surface area contributed by atoms with Crippen molar-refractivity contribution in [2.75, 3.05) is 38.7 Å². The lowest BCUT2D eigenvalue weighted by Gasteiger charge is -2.13. The van der Waals surface area contributed by atoms with Gasteiger partial charge in [-0.3, -0.25) is 9.67 Å². The van der Waals surface area contributed by atoms with Crippen molar-refractivity contribution in [2.24, 2.45) is 4.99 Å². The van der Waals surface area contributed by atoms with E-state index in [2.05, 4.69) is 20.7 Å². The summed E-state index contributed by atoms with van der Waals surface area (Å²) < 4.78 is 12.6. The van der Waals surface area contributed by atoms with Crippen molar-refractivity contribution >= 4 is 35.6 Å². The number of hydrogen-bond acceptors (Lipinski definition) is 4. The van der Waals surface area contributed by atoms with Crippen LogP contribution in [0.5, 0.6) is 5.75 Å². The summed E-state index contributed by atoms with van der Waals surface area (Å²) in [5, 5.41) is 10.7. The summed E-state index contributed by atoms with van der Waals surface area (Å²) >= 11 is 0. The molecule has 0 saturated heterocycles. The fourth-order valence-corrected chi connectivity index (χ4v) is 2.20. The highest BCUT2D eigenvalue weighted by Gasteiger charge is 2.01. The lowest BCUT2D eigenvalue weighted by Crippen LogP contribution is -2.31. The molecule has 7 nitrogen and oxygen atoms in total. The largest absolute Gasteiger partial charge is 0.493 e. The number of rotatable bonds is 10. The zero-order valence-electron chi connectivity index (χ0n) is 15.4. The molecule has 1 aromatic carbocycles. The van der Waals surface area contributed by atoms with E-state index in [4.69, 9.17) is 9.47 Å². The quantitative estimate of drug-likeness (QED) is 0.240. The van der Waals surface area contributed by atoms with Crippen molar-refractivity contribution in [2.45, 2.75) is 19.9 Å². The van der Waals surface area contributed by atoms with Crippen LogP contribution in [0.25, 0.3) is 0 Å². The lowest BCUT2D eigenvalue weighted by molar-refractivity contribution is 0.172. The summed E-state index contributed by atoms with van der Waals surface area (Å²) in [5.41, 5.74) is 0.933. The van der Waals surface area contributed by atoms with Gasteiger partial charge < -0.3 is 20.1 Å². The summed E-state index contributed by atoms with van der Waals surface area (Å²) in [6, 6.07) is 9.77. The normalized spacial score (nSPS) is 10.9. The van der Waals surface area contributed by atoms with Crippen LogP contribution in [-0.2, 0) is 11.3 Å². The number of ether oxygens (including phenoxy) is 2. The van der Waals surface area contributed by atoms with Crippen molar-refractivity contribution in [3.63, 3.8) is 0 Å². The first-order chi connectivity index (χ1) is 12.3. The summed E-state index contributed by atoms with van der Waals surface area (Å²) in [4.78, 5) is 4.58. The Labute approximate surface area is 172 Å². The van der Waals surface area contributed by atoms with Crippen LogP contribution in [0.4, 0.5) is 5.69 Å². The minimum Gasteiger partial charge on any atom is -0.493 e. The average molecular weight is 473 g/mol. The first-order valence-electron chi connectivity index (χ1n) is 8.56. The third-order valence-electron chi connectivity index (χ3n) is 3.36. The summed E-state index contributed by atoms with van der Waals surface area (Å²) in [5.74, 6) is 1.57. The highest BCUT2D eigenvalue weighted by Crippen LogP contribution is 2.17. The number of aliphatic imine (C=N–C) groups is 1. The first kappa shape index (κ1) is 22.2. The number of nitrogens with one attached hydrogen (secondary N) is 2. The Hall–Kier alpha value is -1.81. The van der Waals surface area contributed by atoms with Crippen LogP contribution in [-0.4, -0.2) is 49.2 Å². The van der Waals surface area contributed by atoms with Crippen LogP contribution in [0.1, 0.15) is 13.3 Å². The van der Waals surface area contributed by atoms with E-state index in [1.54, 1.807) is 13.3 Å². The Balaban J connectivity index is 0.00000338. The minimum absolute atomic E-state index is 0. The molecule has 0 radical (unpaired) electrons. The first-order valence-corrected chi connectivity index (χ1v) is 8.56. The fourth-order valence-electron chi connectivity index (χ4n) is 2.20. The van der Waals surface area contributed by atoms with Gasteiger partial charge in [0, 0.05) is 50.8 Å². The van der Waals surface area contributed by atoms with E-state index in [0.717, 1.165) is 36.9 Å². The molecule has 0 saturated carbocycles. The molecule has 0 fully saturated rings. The molecule has 2 N–H and O–H groups in total. The molecule has 1 heterocycles. The van der Waals surface area contributed by atoms with Gasteiger partial charge in [-0.05, 0) is 25.1 Å². The molecule has 2 aromatic rings. The summed E-state index contributed by atoms with van der Waals surface area (Å²) in [6.07, 6.45) is 4.57. The second-order valence-corrected chi connectivity index (χ2v) is 5.38. The number of methoxy groups -OCH3 is 1. The van der Waals surface area contributed by atoms with Gasteiger partial charge in [0.15, 0.2) is 5.96 Å². The molecule has 0 aliphatic heterocycles. The molecule has 26 heavy (non-hydrogen) atoms. The third-order valence-corrected chi connectivity index (χ3v) is 3.36. The van der Waals surface area contributed by atoms with E-state index in [1.165, 1.54) is 0 Å². The molecule has 0 bridgehead atoms. The Bertz CT molecular complexity index is 634. The molecule has 8 heteroatoms. The van der Waals surface area contributed by atoms with E-state index in [1.807, 2.05) is 48.1 Å². The van der Waals surface area contributed by atoms with Gasteiger partial charge in [-0.2, -0.15) is 5.10 Å². The Morgan fingerprint density at radius 2 is 2.15 bits per heavy atom. The summed E-state index contributed by atoms with van der Waals surface area (Å²) in [6.45, 7) is 5.55. The third kappa shape index (κ3) is 8.52. The highest BCUT2D eigenvalue weighted by atomic mass is 127. The second-order valence-electron chi connectivity index (χ2n) is 5.38.